The fraction of sp³-hybridized carbons (Fsp3) is 0.429. The van der Waals surface area contributed by atoms with Crippen molar-refractivity contribution in [2.75, 3.05) is 13.6 Å². The van der Waals surface area contributed by atoms with Gasteiger partial charge in [0.15, 0.2) is 0 Å². The molecule has 122 valence electrons. The number of urea groups is 1. The van der Waals surface area contributed by atoms with E-state index in [4.69, 9.17) is 0 Å². The van der Waals surface area contributed by atoms with E-state index in [0.29, 0.717) is 0 Å². The summed E-state index contributed by atoms with van der Waals surface area (Å²) in [7, 11) is 1.43. The molecule has 0 aliphatic rings. The van der Waals surface area contributed by atoms with E-state index in [1.807, 2.05) is 0 Å². The minimum absolute atomic E-state index is 0.0308. The van der Waals surface area contributed by atoms with Gasteiger partial charge in [0.05, 0.1) is 12.1 Å². The third-order valence-corrected chi connectivity index (χ3v) is 2.91. The highest BCUT2D eigenvalue weighted by Crippen LogP contribution is 2.32. The Morgan fingerprint density at radius 2 is 1.86 bits per heavy atom. The molecule has 0 saturated carbocycles. The molecule has 0 bridgehead atoms. The quantitative estimate of drug-likeness (QED) is 0.773. The summed E-state index contributed by atoms with van der Waals surface area (Å²) in [6, 6.07) is 4.09. The summed E-state index contributed by atoms with van der Waals surface area (Å²) in [4.78, 5) is 22.5. The van der Waals surface area contributed by atoms with Crippen LogP contribution in [0.15, 0.2) is 24.3 Å². The topological polar surface area (TPSA) is 70.2 Å². The van der Waals surface area contributed by atoms with Gasteiger partial charge in [-0.05, 0) is 25.0 Å². The van der Waals surface area contributed by atoms with Crippen LogP contribution < -0.4 is 16.0 Å². The van der Waals surface area contributed by atoms with Crippen LogP contribution >= 0.6 is 0 Å². The molecule has 3 amide bonds. The number of hydrogen-bond donors (Lipinski definition) is 3. The zero-order valence-corrected chi connectivity index (χ0v) is 12.3. The number of halogens is 3. The second-order valence-electron chi connectivity index (χ2n) is 4.76. The highest BCUT2D eigenvalue weighted by atomic mass is 19.4. The Hall–Kier alpha value is -2.25. The molecule has 0 heterocycles. The number of alkyl halides is 3. The Morgan fingerprint density at radius 3 is 2.45 bits per heavy atom. The van der Waals surface area contributed by atoms with Crippen LogP contribution in [0.2, 0.25) is 0 Å². The molecule has 0 fully saturated rings. The summed E-state index contributed by atoms with van der Waals surface area (Å²) in [5, 5.41) is 7.13. The minimum Gasteiger partial charge on any atom is -0.358 e. The van der Waals surface area contributed by atoms with Gasteiger partial charge in [0.1, 0.15) is 0 Å². The molecule has 0 radical (unpaired) electrons. The number of hydrogen-bond acceptors (Lipinski definition) is 2. The highest BCUT2D eigenvalue weighted by molar-refractivity contribution is 5.83. The molecule has 1 rings (SSSR count). The standard InChI is InChI=1S/C14H18F3N3O2/c1-9(20-13(22)19-8-12(21)18-2)7-10-5-3-4-6-11(10)14(15,16)17/h3-6,9H,7-8H2,1-2H3,(H,18,21)(H2,19,20,22). The lowest BCUT2D eigenvalue weighted by atomic mass is 10.0. The maximum atomic E-state index is 12.9. The van der Waals surface area contributed by atoms with Crippen LogP contribution in [-0.4, -0.2) is 31.6 Å². The molecule has 0 saturated heterocycles. The number of carbonyl (C=O) groups excluding carboxylic acids is 2. The summed E-state index contributed by atoms with van der Waals surface area (Å²) in [6.07, 6.45) is -4.40. The van der Waals surface area contributed by atoms with Crippen LogP contribution in [0, 0.1) is 0 Å². The van der Waals surface area contributed by atoms with Crippen molar-refractivity contribution < 1.29 is 22.8 Å². The average Bonchev–Trinajstić information content (AvgIpc) is 2.44. The van der Waals surface area contributed by atoms with E-state index in [9.17, 15) is 22.8 Å². The molecular weight excluding hydrogens is 299 g/mol. The number of likely N-dealkylation sites (N-methyl/N-ethyl adjacent to an activating group) is 1. The maximum absolute atomic E-state index is 12.9. The summed E-state index contributed by atoms with van der Waals surface area (Å²) >= 11 is 0. The van der Waals surface area contributed by atoms with E-state index in [0.717, 1.165) is 6.07 Å². The molecule has 1 aromatic rings. The molecule has 5 nitrogen and oxygen atoms in total. The third kappa shape index (κ3) is 5.63. The number of nitrogens with one attached hydrogen (secondary N) is 3. The molecule has 0 aliphatic heterocycles. The Balaban J connectivity index is 2.61. The third-order valence-electron chi connectivity index (χ3n) is 2.91. The molecule has 1 unspecified atom stereocenters. The van der Waals surface area contributed by atoms with Crippen molar-refractivity contribution in [3.8, 4) is 0 Å². The van der Waals surface area contributed by atoms with Crippen molar-refractivity contribution in [1.82, 2.24) is 16.0 Å². The van der Waals surface area contributed by atoms with Crippen molar-refractivity contribution in [2.24, 2.45) is 0 Å². The summed E-state index contributed by atoms with van der Waals surface area (Å²) < 4.78 is 38.6. The predicted octanol–water partition coefficient (Wildman–Crippen LogP) is 1.68. The maximum Gasteiger partial charge on any atom is 0.416 e. The molecule has 1 atom stereocenters. The van der Waals surface area contributed by atoms with Gasteiger partial charge >= 0.3 is 12.2 Å². The molecule has 0 spiro atoms. The Morgan fingerprint density at radius 1 is 1.23 bits per heavy atom. The van der Waals surface area contributed by atoms with E-state index in [1.54, 1.807) is 6.92 Å². The molecule has 0 aliphatic carbocycles. The average molecular weight is 317 g/mol. The SMILES string of the molecule is CNC(=O)CNC(=O)NC(C)Cc1ccccc1C(F)(F)F. The zero-order chi connectivity index (χ0) is 16.8. The predicted molar refractivity (Wildman–Crippen MR) is 75.2 cm³/mol. The van der Waals surface area contributed by atoms with E-state index in [2.05, 4.69) is 16.0 Å². The Kier molecular flexibility index (Phi) is 6.21. The van der Waals surface area contributed by atoms with Crippen molar-refractivity contribution in [2.45, 2.75) is 25.6 Å². The van der Waals surface area contributed by atoms with Crippen molar-refractivity contribution in [3.05, 3.63) is 35.4 Å². The zero-order valence-electron chi connectivity index (χ0n) is 12.3. The highest BCUT2D eigenvalue weighted by Gasteiger charge is 2.33. The van der Waals surface area contributed by atoms with Crippen LogP contribution in [0.4, 0.5) is 18.0 Å². The lowest BCUT2D eigenvalue weighted by molar-refractivity contribution is -0.138. The van der Waals surface area contributed by atoms with Crippen molar-refractivity contribution in [3.63, 3.8) is 0 Å². The van der Waals surface area contributed by atoms with Gasteiger partial charge in [0.25, 0.3) is 0 Å². The Bertz CT molecular complexity index is 532. The first-order chi connectivity index (χ1) is 10.2. The van der Waals surface area contributed by atoms with Gasteiger partial charge in [-0.25, -0.2) is 4.79 Å². The fourth-order valence-electron chi connectivity index (χ4n) is 1.88. The fourth-order valence-corrected chi connectivity index (χ4v) is 1.88. The lowest BCUT2D eigenvalue weighted by Gasteiger charge is -2.18. The monoisotopic (exact) mass is 317 g/mol. The molecule has 3 N–H and O–H groups in total. The first kappa shape index (κ1) is 17.8. The smallest absolute Gasteiger partial charge is 0.358 e. The second-order valence-corrected chi connectivity index (χ2v) is 4.76. The van der Waals surface area contributed by atoms with E-state index in [-0.39, 0.29) is 24.4 Å². The van der Waals surface area contributed by atoms with Gasteiger partial charge in [-0.2, -0.15) is 13.2 Å². The van der Waals surface area contributed by atoms with Crippen molar-refractivity contribution in [1.29, 1.82) is 0 Å². The second kappa shape index (κ2) is 7.67. The van der Waals surface area contributed by atoms with E-state index < -0.39 is 23.8 Å². The lowest BCUT2D eigenvalue weighted by Crippen LogP contribution is -2.45. The summed E-state index contributed by atoms with van der Waals surface area (Å²) in [6.45, 7) is 1.39. The number of benzene rings is 1. The molecular formula is C14H18F3N3O2. The van der Waals surface area contributed by atoms with Crippen LogP contribution in [-0.2, 0) is 17.4 Å². The van der Waals surface area contributed by atoms with Crippen LogP contribution in [0.1, 0.15) is 18.1 Å². The summed E-state index contributed by atoms with van der Waals surface area (Å²) in [5.41, 5.74) is -0.608. The van der Waals surface area contributed by atoms with Gasteiger partial charge in [-0.3, -0.25) is 4.79 Å². The Labute approximate surface area is 126 Å². The van der Waals surface area contributed by atoms with Crippen LogP contribution in [0.25, 0.3) is 0 Å². The minimum atomic E-state index is -4.43. The first-order valence-electron chi connectivity index (χ1n) is 6.64. The largest absolute Gasteiger partial charge is 0.416 e. The van der Waals surface area contributed by atoms with Gasteiger partial charge in [-0.15, -0.1) is 0 Å². The molecule has 1 aromatic carbocycles. The van der Waals surface area contributed by atoms with Gasteiger partial charge < -0.3 is 16.0 Å². The van der Waals surface area contributed by atoms with Crippen LogP contribution in [0.5, 0.6) is 0 Å². The van der Waals surface area contributed by atoms with Crippen LogP contribution in [0.3, 0.4) is 0 Å². The van der Waals surface area contributed by atoms with E-state index in [1.165, 1.54) is 25.2 Å². The van der Waals surface area contributed by atoms with Crippen molar-refractivity contribution >= 4 is 11.9 Å². The number of rotatable bonds is 5. The van der Waals surface area contributed by atoms with Gasteiger partial charge in [0, 0.05) is 13.1 Å². The molecule has 0 aromatic heterocycles. The van der Waals surface area contributed by atoms with Gasteiger partial charge in [0.2, 0.25) is 5.91 Å². The first-order valence-corrected chi connectivity index (χ1v) is 6.64. The van der Waals surface area contributed by atoms with E-state index >= 15 is 0 Å². The number of amides is 3. The molecule has 22 heavy (non-hydrogen) atoms. The number of carbonyl (C=O) groups is 2. The summed E-state index contributed by atoms with van der Waals surface area (Å²) in [5.74, 6) is -0.370. The van der Waals surface area contributed by atoms with Gasteiger partial charge in [-0.1, -0.05) is 18.2 Å². The normalized spacial score (nSPS) is 12.4. The molecule has 8 heteroatoms.